The van der Waals surface area contributed by atoms with Crippen molar-refractivity contribution in [1.29, 1.82) is 0 Å². The maximum absolute atomic E-state index is 11.7. The van der Waals surface area contributed by atoms with Gasteiger partial charge >= 0.3 is 0 Å². The van der Waals surface area contributed by atoms with E-state index >= 15 is 0 Å². The van der Waals surface area contributed by atoms with E-state index in [1.54, 1.807) is 6.92 Å². The molecule has 1 unspecified atom stereocenters. The minimum Gasteiger partial charge on any atom is -0.494 e. The molecule has 4 nitrogen and oxygen atoms in total. The number of hydrogen-bond donors (Lipinski definition) is 2. The first-order valence-electron chi connectivity index (χ1n) is 6.78. The van der Waals surface area contributed by atoms with Crippen LogP contribution in [0.3, 0.4) is 0 Å². The average Bonchev–Trinajstić information content (AvgIpc) is 2.36. The lowest BCUT2D eigenvalue weighted by molar-refractivity contribution is -0.120. The summed E-state index contributed by atoms with van der Waals surface area (Å²) in [4.78, 5) is 11.7. The number of carbonyl (C=O) groups excluding carboxylic acids is 1. The lowest BCUT2D eigenvalue weighted by Crippen LogP contribution is -2.27. The summed E-state index contributed by atoms with van der Waals surface area (Å²) in [6.45, 7) is 4.95. The second-order valence-corrected chi connectivity index (χ2v) is 4.66. The highest BCUT2D eigenvalue weighted by Crippen LogP contribution is 2.14. The van der Waals surface area contributed by atoms with Crippen LogP contribution in [0.15, 0.2) is 24.3 Å². The molecule has 1 amide bonds. The van der Waals surface area contributed by atoms with Crippen molar-refractivity contribution in [2.24, 2.45) is 0 Å². The third-order valence-corrected chi connectivity index (χ3v) is 2.62. The van der Waals surface area contributed by atoms with Crippen LogP contribution in [0.2, 0.25) is 0 Å². The molecule has 0 aliphatic heterocycles. The zero-order chi connectivity index (χ0) is 14.1. The van der Waals surface area contributed by atoms with E-state index in [2.05, 4.69) is 12.2 Å². The van der Waals surface area contributed by atoms with Gasteiger partial charge in [-0.25, -0.2) is 0 Å². The number of aliphatic hydroxyl groups excluding tert-OH is 1. The Balaban J connectivity index is 2.40. The lowest BCUT2D eigenvalue weighted by Gasteiger charge is -2.08. The molecule has 1 aromatic rings. The zero-order valence-electron chi connectivity index (χ0n) is 11.7. The first-order chi connectivity index (χ1) is 9.11. The van der Waals surface area contributed by atoms with E-state index in [0.29, 0.717) is 26.0 Å². The van der Waals surface area contributed by atoms with Gasteiger partial charge < -0.3 is 15.2 Å². The van der Waals surface area contributed by atoms with E-state index in [-0.39, 0.29) is 12.0 Å². The van der Waals surface area contributed by atoms with E-state index in [1.165, 1.54) is 0 Å². The zero-order valence-corrected chi connectivity index (χ0v) is 11.7. The van der Waals surface area contributed by atoms with Crippen LogP contribution in [0, 0.1) is 0 Å². The van der Waals surface area contributed by atoms with Crippen LogP contribution in [-0.2, 0) is 11.2 Å². The molecule has 0 saturated heterocycles. The van der Waals surface area contributed by atoms with Crippen molar-refractivity contribution in [2.75, 3.05) is 13.2 Å². The Morgan fingerprint density at radius 3 is 2.95 bits per heavy atom. The highest BCUT2D eigenvalue weighted by atomic mass is 16.5. The van der Waals surface area contributed by atoms with E-state index in [0.717, 1.165) is 17.7 Å². The molecular weight excluding hydrogens is 242 g/mol. The number of hydrogen-bond acceptors (Lipinski definition) is 3. The summed E-state index contributed by atoms with van der Waals surface area (Å²) < 4.78 is 5.53. The van der Waals surface area contributed by atoms with Crippen molar-refractivity contribution in [2.45, 2.75) is 39.2 Å². The predicted octanol–water partition coefficient (Wildman–Crippen LogP) is 1.91. The van der Waals surface area contributed by atoms with Gasteiger partial charge in [-0.05, 0) is 37.5 Å². The summed E-state index contributed by atoms with van der Waals surface area (Å²) in [7, 11) is 0. The molecule has 1 aromatic carbocycles. The van der Waals surface area contributed by atoms with Gasteiger partial charge in [0, 0.05) is 6.54 Å². The third kappa shape index (κ3) is 6.82. The molecule has 0 heterocycles. The quantitative estimate of drug-likeness (QED) is 0.755. The van der Waals surface area contributed by atoms with Crippen LogP contribution in [0.25, 0.3) is 0 Å². The Hall–Kier alpha value is -1.55. The molecule has 0 aromatic heterocycles. The van der Waals surface area contributed by atoms with Gasteiger partial charge in [0.05, 0.1) is 19.1 Å². The van der Waals surface area contributed by atoms with Crippen molar-refractivity contribution >= 4 is 5.91 Å². The largest absolute Gasteiger partial charge is 0.494 e. The summed E-state index contributed by atoms with van der Waals surface area (Å²) in [5.74, 6) is 0.768. The molecule has 1 rings (SSSR count). The Bertz CT molecular complexity index is 391. The summed E-state index contributed by atoms with van der Waals surface area (Å²) in [6.07, 6.45) is 1.49. The van der Waals surface area contributed by atoms with E-state index in [1.807, 2.05) is 24.3 Å². The Morgan fingerprint density at radius 2 is 2.26 bits per heavy atom. The van der Waals surface area contributed by atoms with Crippen LogP contribution in [-0.4, -0.2) is 30.3 Å². The van der Waals surface area contributed by atoms with Gasteiger partial charge in [-0.15, -0.1) is 0 Å². The van der Waals surface area contributed by atoms with Crippen LogP contribution in [0.1, 0.15) is 32.3 Å². The molecule has 0 spiro atoms. The standard InChI is InChI=1S/C15H23NO3/c1-3-9-19-14-6-4-5-13(10-14)11-15(18)16-8-7-12(2)17/h4-6,10,12,17H,3,7-9,11H2,1-2H3,(H,16,18). The highest BCUT2D eigenvalue weighted by molar-refractivity contribution is 5.78. The molecule has 0 aliphatic rings. The monoisotopic (exact) mass is 265 g/mol. The molecule has 106 valence electrons. The fraction of sp³-hybridized carbons (Fsp3) is 0.533. The smallest absolute Gasteiger partial charge is 0.224 e. The normalized spacial score (nSPS) is 11.9. The molecule has 4 heteroatoms. The molecule has 1 atom stereocenters. The SMILES string of the molecule is CCCOc1cccc(CC(=O)NCCC(C)O)c1. The minimum absolute atomic E-state index is 0.0340. The van der Waals surface area contributed by atoms with Crippen molar-refractivity contribution in [3.63, 3.8) is 0 Å². The molecule has 0 radical (unpaired) electrons. The summed E-state index contributed by atoms with van der Waals surface area (Å²) in [5.41, 5.74) is 0.933. The molecule has 19 heavy (non-hydrogen) atoms. The van der Waals surface area contributed by atoms with Gasteiger partial charge in [-0.2, -0.15) is 0 Å². The fourth-order valence-electron chi connectivity index (χ4n) is 1.63. The van der Waals surface area contributed by atoms with E-state index < -0.39 is 0 Å². The number of benzene rings is 1. The molecule has 0 bridgehead atoms. The van der Waals surface area contributed by atoms with Crippen molar-refractivity contribution in [3.05, 3.63) is 29.8 Å². The van der Waals surface area contributed by atoms with Crippen molar-refractivity contribution in [1.82, 2.24) is 5.32 Å². The fourth-order valence-corrected chi connectivity index (χ4v) is 1.63. The number of carbonyl (C=O) groups is 1. The second kappa shape index (κ2) is 8.53. The lowest BCUT2D eigenvalue weighted by atomic mass is 10.1. The minimum atomic E-state index is -0.383. The van der Waals surface area contributed by atoms with Gasteiger partial charge in [-0.3, -0.25) is 4.79 Å². The number of nitrogens with one attached hydrogen (secondary N) is 1. The molecule has 2 N–H and O–H groups in total. The first kappa shape index (κ1) is 15.5. The summed E-state index contributed by atoms with van der Waals surface area (Å²) in [6, 6.07) is 7.59. The topological polar surface area (TPSA) is 58.6 Å². The molecule has 0 aliphatic carbocycles. The van der Waals surface area contributed by atoms with Crippen LogP contribution < -0.4 is 10.1 Å². The second-order valence-electron chi connectivity index (χ2n) is 4.66. The van der Waals surface area contributed by atoms with Crippen molar-refractivity contribution in [3.8, 4) is 5.75 Å². The molecular formula is C15H23NO3. The average molecular weight is 265 g/mol. The third-order valence-electron chi connectivity index (χ3n) is 2.62. The van der Waals surface area contributed by atoms with Gasteiger partial charge in [0.1, 0.15) is 5.75 Å². The van der Waals surface area contributed by atoms with Gasteiger partial charge in [0.2, 0.25) is 5.91 Å². The molecule has 0 fully saturated rings. The maximum Gasteiger partial charge on any atom is 0.224 e. The van der Waals surface area contributed by atoms with Gasteiger partial charge in [0.25, 0.3) is 0 Å². The highest BCUT2D eigenvalue weighted by Gasteiger charge is 2.05. The van der Waals surface area contributed by atoms with Crippen LogP contribution in [0.5, 0.6) is 5.75 Å². The Labute approximate surface area is 114 Å². The Morgan fingerprint density at radius 1 is 1.47 bits per heavy atom. The maximum atomic E-state index is 11.7. The van der Waals surface area contributed by atoms with E-state index in [9.17, 15) is 4.79 Å². The number of rotatable bonds is 8. The first-order valence-corrected chi connectivity index (χ1v) is 6.78. The van der Waals surface area contributed by atoms with Crippen LogP contribution >= 0.6 is 0 Å². The predicted molar refractivity (Wildman–Crippen MR) is 75.2 cm³/mol. The van der Waals surface area contributed by atoms with E-state index in [4.69, 9.17) is 9.84 Å². The number of ether oxygens (including phenoxy) is 1. The Kier molecular flexibility index (Phi) is 6.97. The summed E-state index contributed by atoms with van der Waals surface area (Å²) in [5, 5.41) is 11.9. The molecule has 0 saturated carbocycles. The van der Waals surface area contributed by atoms with Crippen LogP contribution in [0.4, 0.5) is 0 Å². The van der Waals surface area contributed by atoms with Crippen molar-refractivity contribution < 1.29 is 14.6 Å². The number of amides is 1. The van der Waals surface area contributed by atoms with Gasteiger partial charge in [0.15, 0.2) is 0 Å². The summed E-state index contributed by atoms with van der Waals surface area (Å²) >= 11 is 0. The van der Waals surface area contributed by atoms with Gasteiger partial charge in [-0.1, -0.05) is 19.1 Å². The number of aliphatic hydroxyl groups is 1.